The van der Waals surface area contributed by atoms with Gasteiger partial charge in [0.15, 0.2) is 23.0 Å². The van der Waals surface area contributed by atoms with Gasteiger partial charge in [-0.3, -0.25) is 0 Å². The molecule has 3 aromatic carbocycles. The molecule has 112 heavy (non-hydrogen) atoms. The molecular formula is C76H124N6O30. The predicted octanol–water partition coefficient (Wildman–Crippen LogP) is 4.63. The minimum Gasteiger partial charge on any atom is -0.487 e. The molecule has 0 fully saturated rings. The molecule has 2 heterocycles. The zero-order valence-electron chi connectivity index (χ0n) is 66.6. The van der Waals surface area contributed by atoms with E-state index in [2.05, 4.69) is 20.6 Å². The van der Waals surface area contributed by atoms with Gasteiger partial charge in [-0.1, -0.05) is 28.6 Å². The first kappa shape index (κ1) is 96.4. The monoisotopic (exact) mass is 1600 g/mol. The van der Waals surface area contributed by atoms with Crippen molar-refractivity contribution >= 4 is 0 Å². The molecule has 0 aliphatic carbocycles. The Bertz CT molecular complexity index is 2690. The number of rotatable bonds is 82. The fourth-order valence-corrected chi connectivity index (χ4v) is 9.34. The summed E-state index contributed by atoms with van der Waals surface area (Å²) < 4.78 is 175. The molecule has 2 aromatic heterocycles. The van der Waals surface area contributed by atoms with Crippen LogP contribution in [0.15, 0.2) is 60.9 Å². The maximum absolute atomic E-state index is 6.46. The van der Waals surface area contributed by atoms with E-state index in [1.807, 2.05) is 24.3 Å². The quantitative estimate of drug-likeness (QED) is 0.0479. The molecule has 0 spiro atoms. The number of hydrogen-bond acceptors (Lipinski definition) is 34. The Hall–Kier alpha value is -6.22. The molecule has 0 radical (unpaired) electrons. The van der Waals surface area contributed by atoms with E-state index in [1.54, 1.807) is 88.7 Å². The molecule has 5 aromatic rings. The molecule has 0 aliphatic rings. The zero-order valence-corrected chi connectivity index (χ0v) is 66.6. The highest BCUT2D eigenvalue weighted by molar-refractivity contribution is 5.69. The van der Waals surface area contributed by atoms with Gasteiger partial charge in [-0.05, 0) is 6.07 Å². The summed E-state index contributed by atoms with van der Waals surface area (Å²) in [6.45, 7) is 17.8. The second kappa shape index (κ2) is 69.1. The minimum absolute atomic E-state index is 0.146. The van der Waals surface area contributed by atoms with Gasteiger partial charge in [0.1, 0.15) is 51.0 Å². The number of aromatic nitrogens is 6. The molecule has 0 saturated heterocycles. The maximum Gasteiger partial charge on any atom is 0.203 e. The molecule has 0 bridgehead atoms. The Morgan fingerprint density at radius 2 is 0.393 bits per heavy atom. The molecule has 638 valence electrons. The van der Waals surface area contributed by atoms with Crippen LogP contribution in [0, 0.1) is 0 Å². The van der Waals surface area contributed by atoms with Crippen LogP contribution in [0.2, 0.25) is 0 Å². The highest BCUT2D eigenvalue weighted by Crippen LogP contribution is 2.42. The first-order valence-electron chi connectivity index (χ1n) is 37.9. The van der Waals surface area contributed by atoms with E-state index in [0.717, 1.165) is 11.1 Å². The third-order valence-corrected chi connectivity index (χ3v) is 14.9. The van der Waals surface area contributed by atoms with E-state index in [-0.39, 0.29) is 79.3 Å². The maximum atomic E-state index is 6.46. The van der Waals surface area contributed by atoms with E-state index in [4.69, 9.17) is 142 Å². The number of benzene rings is 3. The number of ether oxygens (including phenoxy) is 30. The molecule has 5 rings (SSSR count). The first-order chi connectivity index (χ1) is 55.5. The largest absolute Gasteiger partial charge is 0.487 e. The van der Waals surface area contributed by atoms with Crippen LogP contribution >= 0.6 is 0 Å². The summed E-state index contributed by atoms with van der Waals surface area (Å²) in [4.78, 5) is 0. The number of methoxy groups -OCH3 is 6. The summed E-state index contributed by atoms with van der Waals surface area (Å²) in [6, 6.07) is 14.9. The third-order valence-electron chi connectivity index (χ3n) is 14.9. The van der Waals surface area contributed by atoms with Crippen molar-refractivity contribution in [3.8, 4) is 68.4 Å². The van der Waals surface area contributed by atoms with Crippen molar-refractivity contribution in [3.05, 3.63) is 60.9 Å². The molecule has 0 atom stereocenters. The van der Waals surface area contributed by atoms with Crippen LogP contribution in [0.4, 0.5) is 0 Å². The molecule has 36 heteroatoms. The first-order valence-corrected chi connectivity index (χ1v) is 37.9. The van der Waals surface area contributed by atoms with Crippen molar-refractivity contribution in [2.45, 2.75) is 0 Å². The Kier molecular flexibility index (Phi) is 59.5. The Morgan fingerprint density at radius 3 is 0.589 bits per heavy atom. The van der Waals surface area contributed by atoms with Gasteiger partial charge in [0.05, 0.1) is 301 Å². The summed E-state index contributed by atoms with van der Waals surface area (Å²) >= 11 is 0. The standard InChI is InChI=1S/C76H124N6O30/c1-83-10-16-89-22-28-95-34-40-101-46-52-107-71-59-67(60-72(108-53-47-102-41-35-96-29-23-90-17-11-84-2)75(71)111-56-50-105-44-38-99-32-26-93-20-14-87-5)81-63-69(77-79-81)65-8-7-9-66(58-65)70-64-82(80-78-70)68-61-73(109-54-48-103-42-36-97-30-24-91-18-12-85-3)76(112-57-51-106-45-39-100-33-27-94-21-15-88-6)74(62-68)110-55-49-104-43-37-98-31-25-92-19-13-86-4/h7-9,58-64H,10-57H2,1-6H3. The Morgan fingerprint density at radius 1 is 0.214 bits per heavy atom. The molecular weight excluding hydrogens is 1480 g/mol. The van der Waals surface area contributed by atoms with Gasteiger partial charge in [0, 0.05) is 78.1 Å². The third kappa shape index (κ3) is 46.4. The van der Waals surface area contributed by atoms with Crippen LogP contribution in [-0.2, 0) is 114 Å². The van der Waals surface area contributed by atoms with Crippen molar-refractivity contribution in [2.75, 3.05) is 360 Å². The average Bonchev–Trinajstić information content (AvgIpc) is 1.58. The SMILES string of the molecule is COCCOCCOCCOCCOc1cc(-n2cc(-c3cccc(-c4cn(-c5cc(OCCOCCOCCOCCOC)c(OCCOCCOCCOCCOC)c(OCCOCCOCCOCCOC)c5)nn4)c3)nn2)cc(OCCOCCOCCOCCOC)c1OCCOCCOCCOCCOC. The highest BCUT2D eigenvalue weighted by Gasteiger charge is 2.22. The molecule has 0 amide bonds. The summed E-state index contributed by atoms with van der Waals surface area (Å²) in [5.74, 6) is 2.07. The predicted molar refractivity (Wildman–Crippen MR) is 406 cm³/mol. The van der Waals surface area contributed by atoms with Gasteiger partial charge in [-0.15, -0.1) is 10.2 Å². The van der Waals surface area contributed by atoms with Crippen LogP contribution in [0.3, 0.4) is 0 Å². The molecule has 0 aliphatic heterocycles. The van der Waals surface area contributed by atoms with Crippen molar-refractivity contribution < 1.29 is 142 Å². The van der Waals surface area contributed by atoms with Crippen molar-refractivity contribution in [1.29, 1.82) is 0 Å². The lowest BCUT2D eigenvalue weighted by atomic mass is 10.1. The fourth-order valence-electron chi connectivity index (χ4n) is 9.34. The average molecular weight is 1600 g/mol. The van der Waals surface area contributed by atoms with Crippen LogP contribution in [0.25, 0.3) is 33.9 Å². The molecule has 36 nitrogen and oxygen atoms in total. The van der Waals surface area contributed by atoms with Gasteiger partial charge >= 0.3 is 0 Å². The molecule has 0 saturated carbocycles. The van der Waals surface area contributed by atoms with E-state index < -0.39 is 0 Å². The zero-order chi connectivity index (χ0) is 79.1. The molecule has 0 unspecified atom stereocenters. The van der Waals surface area contributed by atoms with Crippen molar-refractivity contribution in [3.63, 3.8) is 0 Å². The normalized spacial score (nSPS) is 11.6. The van der Waals surface area contributed by atoms with Crippen LogP contribution in [-0.4, -0.2) is 390 Å². The lowest BCUT2D eigenvalue weighted by Gasteiger charge is -2.19. The van der Waals surface area contributed by atoms with Gasteiger partial charge in [0.25, 0.3) is 0 Å². The summed E-state index contributed by atoms with van der Waals surface area (Å²) in [7, 11) is 9.77. The lowest BCUT2D eigenvalue weighted by molar-refractivity contribution is -0.00159. The fraction of sp³-hybridized carbons (Fsp3) is 0.711. The molecule has 0 N–H and O–H groups in total. The highest BCUT2D eigenvalue weighted by atomic mass is 16.6. The van der Waals surface area contributed by atoms with Gasteiger partial charge in [0.2, 0.25) is 11.5 Å². The van der Waals surface area contributed by atoms with Gasteiger partial charge < -0.3 is 142 Å². The van der Waals surface area contributed by atoms with E-state index in [0.29, 0.717) is 295 Å². The van der Waals surface area contributed by atoms with E-state index >= 15 is 0 Å². The summed E-state index contributed by atoms with van der Waals surface area (Å²) in [5, 5.41) is 18.5. The lowest BCUT2D eigenvalue weighted by Crippen LogP contribution is -2.16. The number of nitrogens with zero attached hydrogens (tertiary/aromatic N) is 6. The Balaban J connectivity index is 1.38. The van der Waals surface area contributed by atoms with Crippen molar-refractivity contribution in [1.82, 2.24) is 30.0 Å². The topological polar surface area (TPSA) is 338 Å². The van der Waals surface area contributed by atoms with Crippen molar-refractivity contribution in [2.24, 2.45) is 0 Å². The summed E-state index contributed by atoms with van der Waals surface area (Å²) in [5.41, 5.74) is 3.67. The van der Waals surface area contributed by atoms with Gasteiger partial charge in [-0.25, -0.2) is 9.36 Å². The minimum atomic E-state index is 0.146. The second-order valence-electron chi connectivity index (χ2n) is 23.3. The van der Waals surface area contributed by atoms with Crippen LogP contribution < -0.4 is 28.4 Å². The Labute approximate surface area is 658 Å². The second-order valence-corrected chi connectivity index (χ2v) is 23.3. The van der Waals surface area contributed by atoms with Crippen LogP contribution in [0.5, 0.6) is 34.5 Å². The van der Waals surface area contributed by atoms with Gasteiger partial charge in [-0.2, -0.15) is 0 Å². The summed E-state index contributed by atoms with van der Waals surface area (Å²) in [6.07, 6.45) is 3.61. The number of hydrogen-bond donors (Lipinski definition) is 0. The van der Waals surface area contributed by atoms with E-state index in [9.17, 15) is 0 Å². The van der Waals surface area contributed by atoms with Crippen LogP contribution in [0.1, 0.15) is 0 Å². The van der Waals surface area contributed by atoms with E-state index in [1.165, 1.54) is 0 Å². The smallest absolute Gasteiger partial charge is 0.203 e.